The van der Waals surface area contributed by atoms with Gasteiger partial charge in [0.05, 0.1) is 30.4 Å². The van der Waals surface area contributed by atoms with Gasteiger partial charge < -0.3 is 14.2 Å². The Bertz CT molecular complexity index is 1730. The molecule has 43 heavy (non-hydrogen) atoms. The van der Waals surface area contributed by atoms with Crippen LogP contribution >= 0.6 is 0 Å². The van der Waals surface area contributed by atoms with Crippen LogP contribution in [0.3, 0.4) is 0 Å². The zero-order valence-corrected chi connectivity index (χ0v) is 24.6. The van der Waals surface area contributed by atoms with Crippen molar-refractivity contribution >= 4 is 5.97 Å². The van der Waals surface area contributed by atoms with Crippen molar-refractivity contribution in [2.75, 3.05) is 13.7 Å². The number of benzene rings is 4. The standard InChI is InChI=1S/C39H30O4/c1-5-42-39(40)36-26-34(12-8-6-10-31-18-14-29(2)15-19-31)38(43-28-33-22-24-37(41-4)25-23-33)35(27-36)13-9-7-11-32-20-16-30(3)17-21-32/h14-27H,5,28H2,1-4H3. The minimum atomic E-state index is -0.480. The second-order valence-corrected chi connectivity index (χ2v) is 9.49. The molecule has 210 valence electrons. The number of carbonyl (C=O) groups is 1. The van der Waals surface area contributed by atoms with Crippen molar-refractivity contribution in [3.63, 3.8) is 0 Å². The fourth-order valence-electron chi connectivity index (χ4n) is 3.86. The van der Waals surface area contributed by atoms with E-state index in [1.807, 2.05) is 86.6 Å². The van der Waals surface area contributed by atoms with Crippen LogP contribution in [0.5, 0.6) is 11.5 Å². The first-order valence-electron chi connectivity index (χ1n) is 13.7. The summed E-state index contributed by atoms with van der Waals surface area (Å²) in [6.45, 7) is 6.29. The molecule has 0 heterocycles. The van der Waals surface area contributed by atoms with Gasteiger partial charge in [0.25, 0.3) is 0 Å². The molecule has 4 aromatic rings. The first-order chi connectivity index (χ1) is 20.9. The number of esters is 1. The zero-order chi connectivity index (χ0) is 30.4. The van der Waals surface area contributed by atoms with Crippen LogP contribution in [0.4, 0.5) is 0 Å². The third-order valence-electron chi connectivity index (χ3n) is 6.18. The van der Waals surface area contributed by atoms with Crippen LogP contribution < -0.4 is 9.47 Å². The fraction of sp³-hybridized carbons (Fsp3) is 0.154. The lowest BCUT2D eigenvalue weighted by atomic mass is 10.0. The van der Waals surface area contributed by atoms with Crippen molar-refractivity contribution in [2.24, 2.45) is 0 Å². The van der Waals surface area contributed by atoms with Gasteiger partial charge in [0.1, 0.15) is 12.4 Å². The smallest absolute Gasteiger partial charge is 0.338 e. The van der Waals surface area contributed by atoms with E-state index in [1.165, 1.54) is 0 Å². The van der Waals surface area contributed by atoms with Crippen LogP contribution in [-0.2, 0) is 11.3 Å². The summed E-state index contributed by atoms with van der Waals surface area (Å²) in [7, 11) is 1.62. The van der Waals surface area contributed by atoms with Gasteiger partial charge in [-0.05, 0) is 110 Å². The molecule has 0 radical (unpaired) electrons. The normalized spacial score (nSPS) is 9.40. The Morgan fingerprint density at radius 3 is 1.63 bits per heavy atom. The summed E-state index contributed by atoms with van der Waals surface area (Å²) in [5.41, 5.74) is 6.19. The Labute approximate surface area is 254 Å². The van der Waals surface area contributed by atoms with Crippen molar-refractivity contribution < 1.29 is 19.0 Å². The average Bonchev–Trinajstić information content (AvgIpc) is 3.02. The van der Waals surface area contributed by atoms with E-state index in [4.69, 9.17) is 14.2 Å². The summed E-state index contributed by atoms with van der Waals surface area (Å²) >= 11 is 0. The van der Waals surface area contributed by atoms with Crippen molar-refractivity contribution in [3.8, 4) is 58.9 Å². The van der Waals surface area contributed by atoms with Gasteiger partial charge >= 0.3 is 5.97 Å². The summed E-state index contributed by atoms with van der Waals surface area (Å²) < 4.78 is 16.8. The van der Waals surface area contributed by atoms with Gasteiger partial charge in [-0.2, -0.15) is 0 Å². The third-order valence-corrected chi connectivity index (χ3v) is 6.18. The maximum absolute atomic E-state index is 12.8. The molecule has 0 aliphatic carbocycles. The first kappa shape index (κ1) is 30.2. The van der Waals surface area contributed by atoms with Gasteiger partial charge in [0.2, 0.25) is 0 Å². The van der Waals surface area contributed by atoms with Crippen molar-refractivity contribution in [2.45, 2.75) is 27.4 Å². The van der Waals surface area contributed by atoms with E-state index < -0.39 is 5.97 Å². The molecule has 0 aromatic heterocycles. The highest BCUT2D eigenvalue weighted by molar-refractivity contribution is 5.91. The van der Waals surface area contributed by atoms with Crippen LogP contribution in [0.1, 0.15) is 56.2 Å². The summed E-state index contributed by atoms with van der Waals surface area (Å²) in [5.74, 6) is 24.5. The minimum absolute atomic E-state index is 0.237. The monoisotopic (exact) mass is 562 g/mol. The Kier molecular flexibility index (Phi) is 10.7. The largest absolute Gasteiger partial charge is 0.497 e. The summed E-state index contributed by atoms with van der Waals surface area (Å²) in [6, 6.07) is 26.6. The predicted octanol–water partition coefficient (Wildman–Crippen LogP) is 6.87. The highest BCUT2D eigenvalue weighted by atomic mass is 16.5. The van der Waals surface area contributed by atoms with E-state index >= 15 is 0 Å². The molecule has 0 bridgehead atoms. The molecule has 0 unspecified atom stereocenters. The lowest BCUT2D eigenvalue weighted by Crippen LogP contribution is -2.07. The van der Waals surface area contributed by atoms with Gasteiger partial charge in [-0.1, -0.05) is 59.4 Å². The maximum Gasteiger partial charge on any atom is 0.338 e. The molecule has 4 nitrogen and oxygen atoms in total. The summed E-state index contributed by atoms with van der Waals surface area (Å²) in [5, 5.41) is 0. The topological polar surface area (TPSA) is 44.8 Å². The highest BCUT2D eigenvalue weighted by Crippen LogP contribution is 2.27. The van der Waals surface area contributed by atoms with Crippen molar-refractivity contribution in [1.82, 2.24) is 0 Å². The number of hydrogen-bond acceptors (Lipinski definition) is 4. The van der Waals surface area contributed by atoms with Crippen molar-refractivity contribution in [3.05, 3.63) is 129 Å². The molecule has 0 fully saturated rings. The molecule has 4 heteroatoms. The van der Waals surface area contributed by atoms with E-state index in [0.717, 1.165) is 33.6 Å². The van der Waals surface area contributed by atoms with Crippen LogP contribution in [0.15, 0.2) is 84.9 Å². The van der Waals surface area contributed by atoms with Gasteiger partial charge in [0, 0.05) is 11.1 Å². The average molecular weight is 563 g/mol. The Balaban J connectivity index is 1.75. The molecule has 4 aromatic carbocycles. The number of methoxy groups -OCH3 is 1. The van der Waals surface area contributed by atoms with Crippen LogP contribution in [0.25, 0.3) is 0 Å². The Morgan fingerprint density at radius 1 is 0.674 bits per heavy atom. The summed E-state index contributed by atoms with van der Waals surface area (Å²) in [6.07, 6.45) is 0. The van der Waals surface area contributed by atoms with Crippen LogP contribution in [-0.4, -0.2) is 19.7 Å². The third kappa shape index (κ3) is 9.10. The fourth-order valence-corrected chi connectivity index (χ4v) is 3.86. The highest BCUT2D eigenvalue weighted by Gasteiger charge is 2.16. The Hall–Kier alpha value is -5.81. The minimum Gasteiger partial charge on any atom is -0.497 e. The lowest BCUT2D eigenvalue weighted by molar-refractivity contribution is 0.0526. The van der Waals surface area contributed by atoms with Crippen LogP contribution in [0.2, 0.25) is 0 Å². The molecule has 0 N–H and O–H groups in total. The van der Waals surface area contributed by atoms with Gasteiger partial charge in [-0.25, -0.2) is 4.79 Å². The number of rotatable bonds is 6. The Morgan fingerprint density at radius 2 is 1.16 bits per heavy atom. The first-order valence-corrected chi connectivity index (χ1v) is 13.7. The van der Waals surface area contributed by atoms with E-state index in [0.29, 0.717) is 22.4 Å². The van der Waals surface area contributed by atoms with E-state index in [2.05, 4.69) is 47.4 Å². The van der Waals surface area contributed by atoms with E-state index in [9.17, 15) is 4.79 Å². The van der Waals surface area contributed by atoms with Gasteiger partial charge in [-0.3, -0.25) is 0 Å². The number of ether oxygens (including phenoxy) is 3. The molecule has 4 rings (SSSR count). The second kappa shape index (κ2) is 15.3. The van der Waals surface area contributed by atoms with E-state index in [-0.39, 0.29) is 13.2 Å². The summed E-state index contributed by atoms with van der Waals surface area (Å²) in [4.78, 5) is 12.8. The molecule has 0 saturated heterocycles. The molecule has 0 spiro atoms. The molecular weight excluding hydrogens is 532 g/mol. The molecular formula is C39H30O4. The quantitative estimate of drug-likeness (QED) is 0.190. The molecule has 0 aliphatic rings. The van der Waals surface area contributed by atoms with Crippen LogP contribution in [0, 0.1) is 61.2 Å². The lowest BCUT2D eigenvalue weighted by Gasteiger charge is -2.13. The number of aryl methyl sites for hydroxylation is 2. The maximum atomic E-state index is 12.8. The zero-order valence-electron chi connectivity index (χ0n) is 24.6. The second-order valence-electron chi connectivity index (χ2n) is 9.49. The van der Waals surface area contributed by atoms with Gasteiger partial charge in [-0.15, -0.1) is 0 Å². The van der Waals surface area contributed by atoms with Gasteiger partial charge in [0.15, 0.2) is 5.75 Å². The predicted molar refractivity (Wildman–Crippen MR) is 170 cm³/mol. The van der Waals surface area contributed by atoms with E-state index in [1.54, 1.807) is 26.2 Å². The molecule has 0 amide bonds. The van der Waals surface area contributed by atoms with Crippen molar-refractivity contribution in [1.29, 1.82) is 0 Å². The number of carbonyl (C=O) groups excluding carboxylic acids is 1. The number of hydrogen-bond donors (Lipinski definition) is 0. The SMILES string of the molecule is CCOC(=O)c1cc(C#CC#Cc2ccc(C)cc2)c(OCc2ccc(OC)cc2)c(C#CC#Cc2ccc(C)cc2)c1. The molecule has 0 aliphatic heterocycles. The molecule has 0 saturated carbocycles. The molecule has 0 atom stereocenters.